The Morgan fingerprint density at radius 3 is 2.50 bits per heavy atom. The summed E-state index contributed by atoms with van der Waals surface area (Å²) >= 11 is 0. The molecular weight excluding hydrogens is 272 g/mol. The van der Waals surface area contributed by atoms with Crippen molar-refractivity contribution in [2.24, 2.45) is 11.7 Å². The van der Waals surface area contributed by atoms with Gasteiger partial charge < -0.3 is 5.73 Å². The third kappa shape index (κ3) is 3.05. The molecule has 0 saturated heterocycles. The lowest BCUT2D eigenvalue weighted by atomic mass is 9.85. The summed E-state index contributed by atoms with van der Waals surface area (Å²) in [6, 6.07) is 5.23. The van der Waals surface area contributed by atoms with Crippen LogP contribution < -0.4 is 5.73 Å². The third-order valence-electron chi connectivity index (χ3n) is 4.21. The van der Waals surface area contributed by atoms with Gasteiger partial charge in [-0.3, -0.25) is 0 Å². The van der Waals surface area contributed by atoms with Gasteiger partial charge in [0, 0.05) is 19.6 Å². The standard InChI is InChI=1S/C15H24N2O2S/c1-3-17(11-13-5-4-6-13)20(18,19)15-8-7-14(10-16)12(2)9-15/h7-9,13H,3-6,10-11,16H2,1-2H3. The molecule has 1 aromatic carbocycles. The quantitative estimate of drug-likeness (QED) is 0.876. The Kier molecular flexibility index (Phi) is 4.83. The van der Waals surface area contributed by atoms with Gasteiger partial charge in [0.2, 0.25) is 10.0 Å². The van der Waals surface area contributed by atoms with E-state index in [1.165, 1.54) is 6.42 Å². The molecule has 4 nitrogen and oxygen atoms in total. The fraction of sp³-hybridized carbons (Fsp3) is 0.600. The average Bonchev–Trinajstić information content (AvgIpc) is 2.37. The molecule has 1 saturated carbocycles. The van der Waals surface area contributed by atoms with Crippen molar-refractivity contribution < 1.29 is 8.42 Å². The van der Waals surface area contributed by atoms with Crippen LogP contribution in [-0.4, -0.2) is 25.8 Å². The Morgan fingerprint density at radius 2 is 2.05 bits per heavy atom. The molecule has 0 atom stereocenters. The molecule has 2 N–H and O–H groups in total. The summed E-state index contributed by atoms with van der Waals surface area (Å²) < 4.78 is 27.0. The first kappa shape index (κ1) is 15.5. The van der Waals surface area contributed by atoms with Crippen LogP contribution in [0.3, 0.4) is 0 Å². The topological polar surface area (TPSA) is 63.4 Å². The SMILES string of the molecule is CCN(CC1CCC1)S(=O)(=O)c1ccc(CN)c(C)c1. The molecule has 1 fully saturated rings. The second-order valence-electron chi connectivity index (χ2n) is 5.55. The molecule has 0 radical (unpaired) electrons. The Hall–Kier alpha value is -0.910. The molecule has 0 spiro atoms. The minimum Gasteiger partial charge on any atom is -0.326 e. The summed E-state index contributed by atoms with van der Waals surface area (Å²) in [5.41, 5.74) is 7.56. The summed E-state index contributed by atoms with van der Waals surface area (Å²) in [4.78, 5) is 0.383. The average molecular weight is 296 g/mol. The van der Waals surface area contributed by atoms with Gasteiger partial charge in [0.15, 0.2) is 0 Å². The van der Waals surface area contributed by atoms with Crippen LogP contribution in [0.1, 0.15) is 37.3 Å². The second kappa shape index (κ2) is 6.24. The normalized spacial score (nSPS) is 16.4. The monoisotopic (exact) mass is 296 g/mol. The Balaban J connectivity index is 2.24. The molecule has 2 rings (SSSR count). The van der Waals surface area contributed by atoms with E-state index >= 15 is 0 Å². The summed E-state index contributed by atoms with van der Waals surface area (Å²) in [5.74, 6) is 0.536. The zero-order chi connectivity index (χ0) is 14.8. The van der Waals surface area contributed by atoms with Gasteiger partial charge in [0.25, 0.3) is 0 Å². The summed E-state index contributed by atoms with van der Waals surface area (Å²) in [6.07, 6.45) is 3.53. The van der Waals surface area contributed by atoms with Crippen LogP contribution in [0.4, 0.5) is 0 Å². The summed E-state index contributed by atoms with van der Waals surface area (Å²) in [6.45, 7) is 5.42. The lowest BCUT2D eigenvalue weighted by molar-refractivity contribution is 0.250. The lowest BCUT2D eigenvalue weighted by Crippen LogP contribution is -2.37. The van der Waals surface area contributed by atoms with Crippen LogP contribution >= 0.6 is 0 Å². The van der Waals surface area contributed by atoms with Gasteiger partial charge in [-0.15, -0.1) is 0 Å². The number of sulfonamides is 1. The highest BCUT2D eigenvalue weighted by molar-refractivity contribution is 7.89. The van der Waals surface area contributed by atoms with Crippen LogP contribution in [0.15, 0.2) is 23.1 Å². The Morgan fingerprint density at radius 1 is 1.35 bits per heavy atom. The molecule has 1 aromatic rings. The van der Waals surface area contributed by atoms with E-state index in [-0.39, 0.29) is 0 Å². The van der Waals surface area contributed by atoms with E-state index in [0.29, 0.717) is 30.4 Å². The molecule has 1 aliphatic carbocycles. The zero-order valence-electron chi connectivity index (χ0n) is 12.3. The smallest absolute Gasteiger partial charge is 0.243 e. The molecule has 112 valence electrons. The van der Waals surface area contributed by atoms with Gasteiger partial charge >= 0.3 is 0 Å². The van der Waals surface area contributed by atoms with Crippen molar-refractivity contribution in [2.75, 3.05) is 13.1 Å². The van der Waals surface area contributed by atoms with Crippen molar-refractivity contribution in [2.45, 2.75) is 44.6 Å². The maximum absolute atomic E-state index is 12.7. The number of aryl methyl sites for hydroxylation is 1. The summed E-state index contributed by atoms with van der Waals surface area (Å²) in [7, 11) is -3.38. The highest BCUT2D eigenvalue weighted by atomic mass is 32.2. The Bertz CT molecular complexity index is 565. The first-order valence-electron chi connectivity index (χ1n) is 7.28. The van der Waals surface area contributed by atoms with Crippen LogP contribution in [0.5, 0.6) is 0 Å². The molecule has 0 bridgehead atoms. The minimum absolute atomic E-state index is 0.383. The predicted octanol–water partition coefficient (Wildman–Crippen LogP) is 2.26. The number of benzene rings is 1. The molecule has 0 aliphatic heterocycles. The molecule has 0 unspecified atom stereocenters. The third-order valence-corrected chi connectivity index (χ3v) is 6.15. The number of hydrogen-bond acceptors (Lipinski definition) is 3. The van der Waals surface area contributed by atoms with Crippen molar-refractivity contribution in [3.63, 3.8) is 0 Å². The fourth-order valence-electron chi connectivity index (χ4n) is 2.57. The minimum atomic E-state index is -3.38. The summed E-state index contributed by atoms with van der Waals surface area (Å²) in [5, 5.41) is 0. The van der Waals surface area contributed by atoms with Crippen LogP contribution in [0.25, 0.3) is 0 Å². The molecule has 5 heteroatoms. The number of nitrogens with two attached hydrogens (primary N) is 1. The number of nitrogens with zero attached hydrogens (tertiary/aromatic N) is 1. The van der Waals surface area contributed by atoms with Gasteiger partial charge in [-0.1, -0.05) is 19.4 Å². The van der Waals surface area contributed by atoms with Gasteiger partial charge in [-0.05, 0) is 48.9 Å². The molecule has 20 heavy (non-hydrogen) atoms. The molecule has 0 aromatic heterocycles. The van der Waals surface area contributed by atoms with E-state index in [9.17, 15) is 8.42 Å². The number of hydrogen-bond donors (Lipinski definition) is 1. The highest BCUT2D eigenvalue weighted by Gasteiger charge is 2.28. The molecular formula is C15H24N2O2S. The van der Waals surface area contributed by atoms with Crippen LogP contribution in [0.2, 0.25) is 0 Å². The van der Waals surface area contributed by atoms with Crippen molar-refractivity contribution in [1.82, 2.24) is 4.31 Å². The van der Waals surface area contributed by atoms with E-state index < -0.39 is 10.0 Å². The fourth-order valence-corrected chi connectivity index (χ4v) is 4.18. The Labute approximate surface area is 122 Å². The second-order valence-corrected chi connectivity index (χ2v) is 7.48. The maximum Gasteiger partial charge on any atom is 0.243 e. The van der Waals surface area contributed by atoms with E-state index in [4.69, 9.17) is 5.73 Å². The van der Waals surface area contributed by atoms with Gasteiger partial charge in [-0.25, -0.2) is 8.42 Å². The van der Waals surface area contributed by atoms with E-state index in [0.717, 1.165) is 24.0 Å². The van der Waals surface area contributed by atoms with E-state index in [1.807, 2.05) is 19.9 Å². The van der Waals surface area contributed by atoms with E-state index in [1.54, 1.807) is 16.4 Å². The van der Waals surface area contributed by atoms with Gasteiger partial charge in [-0.2, -0.15) is 4.31 Å². The van der Waals surface area contributed by atoms with Gasteiger partial charge in [0.05, 0.1) is 4.90 Å². The van der Waals surface area contributed by atoms with Gasteiger partial charge in [0.1, 0.15) is 0 Å². The van der Waals surface area contributed by atoms with Crippen LogP contribution in [-0.2, 0) is 16.6 Å². The van der Waals surface area contributed by atoms with E-state index in [2.05, 4.69) is 0 Å². The molecule has 0 amide bonds. The van der Waals surface area contributed by atoms with Crippen molar-refractivity contribution in [3.8, 4) is 0 Å². The maximum atomic E-state index is 12.7. The van der Waals surface area contributed by atoms with Crippen molar-refractivity contribution >= 4 is 10.0 Å². The predicted molar refractivity (Wildman–Crippen MR) is 80.8 cm³/mol. The molecule has 1 aliphatic rings. The molecule has 0 heterocycles. The first-order chi connectivity index (χ1) is 9.48. The lowest BCUT2D eigenvalue weighted by Gasteiger charge is -2.31. The van der Waals surface area contributed by atoms with Crippen LogP contribution in [0, 0.1) is 12.8 Å². The highest BCUT2D eigenvalue weighted by Crippen LogP contribution is 2.29. The number of rotatable bonds is 6. The largest absolute Gasteiger partial charge is 0.326 e. The first-order valence-corrected chi connectivity index (χ1v) is 8.72. The van der Waals surface area contributed by atoms with Crippen molar-refractivity contribution in [3.05, 3.63) is 29.3 Å². The van der Waals surface area contributed by atoms with Crippen molar-refractivity contribution in [1.29, 1.82) is 0 Å². The zero-order valence-corrected chi connectivity index (χ0v) is 13.1.